The molecule has 0 unspecified atom stereocenters. The summed E-state index contributed by atoms with van der Waals surface area (Å²) >= 11 is 5.96. The first-order valence-corrected chi connectivity index (χ1v) is 7.67. The second kappa shape index (κ2) is 7.48. The summed E-state index contributed by atoms with van der Waals surface area (Å²) in [6, 6.07) is 5.82. The zero-order chi connectivity index (χ0) is 15.2. The maximum atomic E-state index is 11.6. The van der Waals surface area contributed by atoms with Gasteiger partial charge >= 0.3 is 0 Å². The van der Waals surface area contributed by atoms with Crippen LogP contribution in [-0.4, -0.2) is 24.0 Å². The van der Waals surface area contributed by atoms with Crippen molar-refractivity contribution in [2.24, 2.45) is 5.92 Å². The van der Waals surface area contributed by atoms with E-state index in [1.165, 1.54) is 5.56 Å². The van der Waals surface area contributed by atoms with Crippen LogP contribution in [0, 0.1) is 5.92 Å². The molecule has 1 amide bonds. The number of hydrogen-bond acceptors (Lipinski definition) is 2. The lowest BCUT2D eigenvalue weighted by Crippen LogP contribution is -2.30. The third-order valence-corrected chi connectivity index (χ3v) is 3.52. The minimum atomic E-state index is 0.0990. The van der Waals surface area contributed by atoms with Gasteiger partial charge in [0.15, 0.2) is 0 Å². The Bertz CT molecular complexity index is 607. The zero-order valence-electron chi connectivity index (χ0n) is 12.5. The SMILES string of the molecule is CC(C)CNC(=O)CCNCc1c[nH]c2cc(Cl)ccc12. The van der Waals surface area contributed by atoms with E-state index in [0.29, 0.717) is 18.9 Å². The topological polar surface area (TPSA) is 56.9 Å². The Hall–Kier alpha value is -1.52. The van der Waals surface area contributed by atoms with E-state index in [1.807, 2.05) is 24.4 Å². The molecule has 0 atom stereocenters. The largest absolute Gasteiger partial charge is 0.361 e. The Labute approximate surface area is 130 Å². The average Bonchev–Trinajstić information content (AvgIpc) is 2.83. The molecular weight excluding hydrogens is 286 g/mol. The Morgan fingerprint density at radius 2 is 2.19 bits per heavy atom. The van der Waals surface area contributed by atoms with E-state index >= 15 is 0 Å². The summed E-state index contributed by atoms with van der Waals surface area (Å²) in [7, 11) is 0. The molecule has 0 aliphatic rings. The van der Waals surface area contributed by atoms with Crippen LogP contribution >= 0.6 is 11.6 Å². The fourth-order valence-electron chi connectivity index (χ4n) is 2.14. The van der Waals surface area contributed by atoms with Gasteiger partial charge in [0.2, 0.25) is 5.91 Å². The van der Waals surface area contributed by atoms with Gasteiger partial charge in [0.25, 0.3) is 0 Å². The van der Waals surface area contributed by atoms with E-state index in [-0.39, 0.29) is 5.91 Å². The number of aromatic amines is 1. The second-order valence-corrected chi connectivity index (χ2v) is 6.06. The third kappa shape index (κ3) is 4.76. The van der Waals surface area contributed by atoms with Crippen LogP contribution in [0.2, 0.25) is 5.02 Å². The number of fused-ring (bicyclic) bond motifs is 1. The molecule has 0 saturated heterocycles. The third-order valence-electron chi connectivity index (χ3n) is 3.28. The molecule has 4 nitrogen and oxygen atoms in total. The first-order valence-electron chi connectivity index (χ1n) is 7.29. The predicted molar refractivity (Wildman–Crippen MR) is 87.5 cm³/mol. The fraction of sp³-hybridized carbons (Fsp3) is 0.438. The second-order valence-electron chi connectivity index (χ2n) is 5.63. The number of carbonyl (C=O) groups excluding carboxylic acids is 1. The van der Waals surface area contributed by atoms with Gasteiger partial charge in [-0.05, 0) is 23.6 Å². The fourth-order valence-corrected chi connectivity index (χ4v) is 2.31. The molecule has 2 rings (SSSR count). The molecular formula is C16H22ClN3O. The van der Waals surface area contributed by atoms with Gasteiger partial charge in [-0.3, -0.25) is 4.79 Å². The van der Waals surface area contributed by atoms with Gasteiger partial charge in [0.1, 0.15) is 0 Å². The maximum absolute atomic E-state index is 11.6. The van der Waals surface area contributed by atoms with Crippen molar-refractivity contribution >= 4 is 28.4 Å². The lowest BCUT2D eigenvalue weighted by Gasteiger charge is -2.08. The highest BCUT2D eigenvalue weighted by Crippen LogP contribution is 2.21. The number of nitrogens with one attached hydrogen (secondary N) is 3. The summed E-state index contributed by atoms with van der Waals surface area (Å²) in [5, 5.41) is 8.10. The first kappa shape index (κ1) is 15.9. The van der Waals surface area contributed by atoms with Crippen LogP contribution in [-0.2, 0) is 11.3 Å². The van der Waals surface area contributed by atoms with Gasteiger partial charge in [-0.15, -0.1) is 0 Å². The molecule has 0 radical (unpaired) electrons. The quantitative estimate of drug-likeness (QED) is 0.689. The molecule has 0 aliphatic carbocycles. The van der Waals surface area contributed by atoms with Crippen molar-refractivity contribution in [3.8, 4) is 0 Å². The lowest BCUT2D eigenvalue weighted by atomic mass is 10.2. The van der Waals surface area contributed by atoms with E-state index in [0.717, 1.165) is 29.0 Å². The Morgan fingerprint density at radius 1 is 1.38 bits per heavy atom. The molecule has 1 aromatic heterocycles. The van der Waals surface area contributed by atoms with Crippen molar-refractivity contribution in [3.05, 3.63) is 35.0 Å². The van der Waals surface area contributed by atoms with Crippen LogP contribution in [0.15, 0.2) is 24.4 Å². The molecule has 1 aromatic carbocycles. The molecule has 0 fully saturated rings. The van der Waals surface area contributed by atoms with Gasteiger partial charge in [-0.2, -0.15) is 0 Å². The van der Waals surface area contributed by atoms with Crippen molar-refractivity contribution in [2.45, 2.75) is 26.8 Å². The summed E-state index contributed by atoms with van der Waals surface area (Å²) in [6.45, 7) is 6.31. The lowest BCUT2D eigenvalue weighted by molar-refractivity contribution is -0.121. The summed E-state index contributed by atoms with van der Waals surface area (Å²) < 4.78 is 0. The van der Waals surface area contributed by atoms with Crippen molar-refractivity contribution in [2.75, 3.05) is 13.1 Å². The number of amides is 1. The number of halogens is 1. The molecule has 3 N–H and O–H groups in total. The molecule has 0 aliphatic heterocycles. The van der Waals surface area contributed by atoms with Gasteiger partial charge in [0, 0.05) is 48.2 Å². The molecule has 1 heterocycles. The van der Waals surface area contributed by atoms with E-state index in [9.17, 15) is 4.79 Å². The summed E-state index contributed by atoms with van der Waals surface area (Å²) in [5.41, 5.74) is 2.22. The minimum absolute atomic E-state index is 0.0990. The van der Waals surface area contributed by atoms with Crippen molar-refractivity contribution in [1.29, 1.82) is 0 Å². The number of hydrogen-bond donors (Lipinski definition) is 3. The van der Waals surface area contributed by atoms with Crippen LogP contribution in [0.1, 0.15) is 25.8 Å². The van der Waals surface area contributed by atoms with Crippen molar-refractivity contribution in [3.63, 3.8) is 0 Å². The highest BCUT2D eigenvalue weighted by atomic mass is 35.5. The Balaban J connectivity index is 1.76. The summed E-state index contributed by atoms with van der Waals surface area (Å²) in [4.78, 5) is 14.8. The van der Waals surface area contributed by atoms with Gasteiger partial charge < -0.3 is 15.6 Å². The predicted octanol–water partition coefficient (Wildman–Crippen LogP) is 3.07. The standard InChI is InChI=1S/C16H22ClN3O/c1-11(2)8-20-16(21)5-6-18-9-12-10-19-15-7-13(17)3-4-14(12)15/h3-4,7,10-11,18-19H,5-6,8-9H2,1-2H3,(H,20,21). The molecule has 0 bridgehead atoms. The Morgan fingerprint density at radius 3 is 2.95 bits per heavy atom. The molecule has 0 saturated carbocycles. The van der Waals surface area contributed by atoms with E-state index < -0.39 is 0 Å². The minimum Gasteiger partial charge on any atom is -0.361 e. The van der Waals surface area contributed by atoms with Crippen LogP contribution < -0.4 is 10.6 Å². The van der Waals surface area contributed by atoms with Crippen LogP contribution in [0.5, 0.6) is 0 Å². The molecule has 5 heteroatoms. The molecule has 2 aromatic rings. The maximum Gasteiger partial charge on any atom is 0.221 e. The zero-order valence-corrected chi connectivity index (χ0v) is 13.3. The average molecular weight is 308 g/mol. The van der Waals surface area contributed by atoms with E-state index in [2.05, 4.69) is 29.5 Å². The first-order chi connectivity index (χ1) is 10.1. The number of rotatable bonds is 7. The Kier molecular flexibility index (Phi) is 5.65. The van der Waals surface area contributed by atoms with Crippen molar-refractivity contribution in [1.82, 2.24) is 15.6 Å². The van der Waals surface area contributed by atoms with E-state index in [4.69, 9.17) is 11.6 Å². The number of carbonyl (C=O) groups is 1. The normalized spacial score (nSPS) is 11.2. The van der Waals surface area contributed by atoms with Gasteiger partial charge in [0.05, 0.1) is 0 Å². The monoisotopic (exact) mass is 307 g/mol. The van der Waals surface area contributed by atoms with Crippen molar-refractivity contribution < 1.29 is 4.79 Å². The van der Waals surface area contributed by atoms with Gasteiger partial charge in [-0.1, -0.05) is 31.5 Å². The van der Waals surface area contributed by atoms with E-state index in [1.54, 1.807) is 0 Å². The highest BCUT2D eigenvalue weighted by Gasteiger charge is 2.05. The molecule has 0 spiro atoms. The van der Waals surface area contributed by atoms with Gasteiger partial charge in [-0.25, -0.2) is 0 Å². The number of H-pyrrole nitrogens is 1. The van der Waals surface area contributed by atoms with Crippen LogP contribution in [0.4, 0.5) is 0 Å². The smallest absolute Gasteiger partial charge is 0.221 e. The molecule has 114 valence electrons. The number of benzene rings is 1. The number of aromatic nitrogens is 1. The summed E-state index contributed by atoms with van der Waals surface area (Å²) in [5.74, 6) is 0.585. The molecule has 21 heavy (non-hydrogen) atoms. The van der Waals surface area contributed by atoms with Crippen LogP contribution in [0.3, 0.4) is 0 Å². The van der Waals surface area contributed by atoms with Crippen LogP contribution in [0.25, 0.3) is 10.9 Å². The summed E-state index contributed by atoms with van der Waals surface area (Å²) in [6.07, 6.45) is 2.48. The highest BCUT2D eigenvalue weighted by molar-refractivity contribution is 6.31.